The minimum absolute atomic E-state index is 0.0164. The van der Waals surface area contributed by atoms with Crippen LogP contribution in [0.2, 0.25) is 0 Å². The summed E-state index contributed by atoms with van der Waals surface area (Å²) in [6, 6.07) is 0.356. The Morgan fingerprint density at radius 2 is 1.82 bits per heavy atom. The van der Waals surface area contributed by atoms with Gasteiger partial charge < -0.3 is 11.1 Å². The Bertz CT molecular complexity index is 249. The number of rotatable bonds is 3. The van der Waals surface area contributed by atoms with Crippen LogP contribution < -0.4 is 11.1 Å². The van der Waals surface area contributed by atoms with Gasteiger partial charge in [0.15, 0.2) is 0 Å². The van der Waals surface area contributed by atoms with E-state index < -0.39 is 0 Å². The van der Waals surface area contributed by atoms with Gasteiger partial charge in [-0.05, 0) is 42.9 Å². The molecule has 1 aliphatic rings. The van der Waals surface area contributed by atoms with E-state index in [4.69, 9.17) is 5.73 Å². The third-order valence-corrected chi connectivity index (χ3v) is 4.40. The van der Waals surface area contributed by atoms with E-state index in [0.717, 1.165) is 24.7 Å². The van der Waals surface area contributed by atoms with E-state index in [1.54, 1.807) is 0 Å². The Hall–Kier alpha value is -0.570. The second-order valence-corrected chi connectivity index (χ2v) is 6.54. The third-order valence-electron chi connectivity index (χ3n) is 4.40. The molecule has 0 bridgehead atoms. The summed E-state index contributed by atoms with van der Waals surface area (Å²) in [5.74, 6) is 1.53. The van der Waals surface area contributed by atoms with Crippen LogP contribution >= 0.6 is 0 Å². The standard InChI is InChI=1S/C14H28N2O/c1-10(14(2,3)4)11-5-7-12(8-6-11)16-13(17)9-15/h10-12H,5-9,15H2,1-4H3,(H,16,17)/t10-,11-,12-/m1/s1. The number of carbonyl (C=O) groups is 1. The zero-order valence-electron chi connectivity index (χ0n) is 11.8. The molecule has 0 unspecified atom stereocenters. The van der Waals surface area contributed by atoms with Gasteiger partial charge in [0.05, 0.1) is 6.54 Å². The molecule has 0 aromatic carbocycles. The first kappa shape index (κ1) is 14.5. The molecule has 1 aliphatic carbocycles. The molecule has 17 heavy (non-hydrogen) atoms. The maximum Gasteiger partial charge on any atom is 0.233 e. The normalized spacial score (nSPS) is 27.6. The SMILES string of the molecule is C[C@H]([C@H]1CC[C@H](NC(=O)CN)CC1)C(C)(C)C. The van der Waals surface area contributed by atoms with Crippen LogP contribution in [0, 0.1) is 17.3 Å². The minimum atomic E-state index is -0.0164. The number of hydrogen-bond acceptors (Lipinski definition) is 2. The first-order chi connectivity index (χ1) is 7.84. The van der Waals surface area contributed by atoms with Crippen LogP contribution in [0.1, 0.15) is 53.4 Å². The molecular formula is C14H28N2O. The van der Waals surface area contributed by atoms with Crippen LogP contribution in [0.5, 0.6) is 0 Å². The lowest BCUT2D eigenvalue weighted by molar-refractivity contribution is -0.120. The lowest BCUT2D eigenvalue weighted by Gasteiger charge is -2.38. The van der Waals surface area contributed by atoms with Crippen LogP contribution in [0.3, 0.4) is 0 Å². The Balaban J connectivity index is 2.38. The van der Waals surface area contributed by atoms with Crippen LogP contribution in [0.25, 0.3) is 0 Å². The summed E-state index contributed by atoms with van der Waals surface area (Å²) in [4.78, 5) is 11.2. The summed E-state index contributed by atoms with van der Waals surface area (Å²) in [6.07, 6.45) is 4.68. The molecule has 1 fully saturated rings. The third kappa shape index (κ3) is 4.30. The molecule has 1 saturated carbocycles. The van der Waals surface area contributed by atoms with E-state index >= 15 is 0 Å². The minimum Gasteiger partial charge on any atom is -0.352 e. The number of amides is 1. The van der Waals surface area contributed by atoms with E-state index in [0.29, 0.717) is 11.5 Å². The molecule has 1 atom stereocenters. The molecule has 0 aliphatic heterocycles. The number of nitrogens with one attached hydrogen (secondary N) is 1. The fourth-order valence-corrected chi connectivity index (χ4v) is 2.76. The van der Waals surface area contributed by atoms with E-state index in [1.807, 2.05) is 0 Å². The van der Waals surface area contributed by atoms with E-state index in [9.17, 15) is 4.79 Å². The molecule has 1 amide bonds. The van der Waals surface area contributed by atoms with Crippen molar-refractivity contribution >= 4 is 5.91 Å². The molecule has 0 spiro atoms. The zero-order valence-corrected chi connectivity index (χ0v) is 11.8. The lowest BCUT2D eigenvalue weighted by Crippen LogP contribution is -2.42. The average Bonchev–Trinajstić information content (AvgIpc) is 2.27. The molecule has 0 radical (unpaired) electrons. The van der Waals surface area contributed by atoms with Crippen molar-refractivity contribution in [2.75, 3.05) is 6.54 Å². The molecule has 0 aromatic rings. The topological polar surface area (TPSA) is 55.1 Å². The lowest BCUT2D eigenvalue weighted by atomic mass is 9.69. The predicted molar refractivity (Wildman–Crippen MR) is 71.6 cm³/mol. The molecule has 100 valence electrons. The van der Waals surface area contributed by atoms with Crippen LogP contribution in [-0.2, 0) is 4.79 Å². The fraction of sp³-hybridized carbons (Fsp3) is 0.929. The molecule has 0 aromatic heterocycles. The monoisotopic (exact) mass is 240 g/mol. The van der Waals surface area contributed by atoms with Crippen molar-refractivity contribution < 1.29 is 4.79 Å². The molecule has 3 N–H and O–H groups in total. The second kappa shape index (κ2) is 5.85. The van der Waals surface area contributed by atoms with Gasteiger partial charge in [-0.2, -0.15) is 0 Å². The number of nitrogens with two attached hydrogens (primary N) is 1. The van der Waals surface area contributed by atoms with E-state index in [-0.39, 0.29) is 12.5 Å². The highest BCUT2D eigenvalue weighted by Crippen LogP contribution is 2.39. The Morgan fingerprint density at radius 3 is 2.24 bits per heavy atom. The van der Waals surface area contributed by atoms with Crippen molar-refractivity contribution in [3.63, 3.8) is 0 Å². The van der Waals surface area contributed by atoms with Gasteiger partial charge in [-0.15, -0.1) is 0 Å². The van der Waals surface area contributed by atoms with Gasteiger partial charge in [-0.3, -0.25) is 4.79 Å². The molecule has 0 saturated heterocycles. The van der Waals surface area contributed by atoms with Gasteiger partial charge in [0.2, 0.25) is 5.91 Å². The Morgan fingerprint density at radius 1 is 1.29 bits per heavy atom. The van der Waals surface area contributed by atoms with Gasteiger partial charge in [0, 0.05) is 6.04 Å². The van der Waals surface area contributed by atoms with E-state index in [1.165, 1.54) is 12.8 Å². The summed E-state index contributed by atoms with van der Waals surface area (Å²) in [6.45, 7) is 9.43. The van der Waals surface area contributed by atoms with Crippen molar-refractivity contribution in [3.8, 4) is 0 Å². The van der Waals surface area contributed by atoms with Crippen LogP contribution in [0.4, 0.5) is 0 Å². The van der Waals surface area contributed by atoms with Gasteiger partial charge in [0.25, 0.3) is 0 Å². The predicted octanol–water partition coefficient (Wildman–Crippen LogP) is 2.30. The van der Waals surface area contributed by atoms with Gasteiger partial charge in [0.1, 0.15) is 0 Å². The molecule has 3 nitrogen and oxygen atoms in total. The van der Waals surface area contributed by atoms with Gasteiger partial charge in [-0.1, -0.05) is 27.7 Å². The van der Waals surface area contributed by atoms with Crippen molar-refractivity contribution in [1.29, 1.82) is 0 Å². The first-order valence-electron chi connectivity index (χ1n) is 6.84. The van der Waals surface area contributed by atoms with Gasteiger partial charge in [-0.25, -0.2) is 0 Å². The second-order valence-electron chi connectivity index (χ2n) is 6.54. The highest BCUT2D eigenvalue weighted by Gasteiger charge is 2.31. The maximum atomic E-state index is 11.2. The first-order valence-corrected chi connectivity index (χ1v) is 6.84. The smallest absolute Gasteiger partial charge is 0.233 e. The van der Waals surface area contributed by atoms with Crippen molar-refractivity contribution in [3.05, 3.63) is 0 Å². The highest BCUT2D eigenvalue weighted by molar-refractivity contribution is 5.78. The summed E-state index contributed by atoms with van der Waals surface area (Å²) in [5.41, 5.74) is 5.70. The maximum absolute atomic E-state index is 11.2. The fourth-order valence-electron chi connectivity index (χ4n) is 2.76. The average molecular weight is 240 g/mol. The molecule has 3 heteroatoms. The summed E-state index contributed by atoms with van der Waals surface area (Å²) in [5, 5.41) is 3.00. The molecule has 1 rings (SSSR count). The molecule has 0 heterocycles. The quantitative estimate of drug-likeness (QED) is 0.795. The zero-order chi connectivity index (χ0) is 13.1. The molecular weight excluding hydrogens is 212 g/mol. The highest BCUT2D eigenvalue weighted by atomic mass is 16.1. The Labute approximate surface area is 106 Å². The summed E-state index contributed by atoms with van der Waals surface area (Å²) < 4.78 is 0. The Kier molecular flexibility index (Phi) is 4.99. The van der Waals surface area contributed by atoms with Crippen molar-refractivity contribution in [2.45, 2.75) is 59.4 Å². The summed E-state index contributed by atoms with van der Waals surface area (Å²) in [7, 11) is 0. The number of carbonyl (C=O) groups excluding carboxylic acids is 1. The van der Waals surface area contributed by atoms with Gasteiger partial charge >= 0.3 is 0 Å². The van der Waals surface area contributed by atoms with Crippen molar-refractivity contribution in [1.82, 2.24) is 5.32 Å². The van der Waals surface area contributed by atoms with Crippen molar-refractivity contribution in [2.24, 2.45) is 23.0 Å². The number of hydrogen-bond donors (Lipinski definition) is 2. The summed E-state index contributed by atoms with van der Waals surface area (Å²) >= 11 is 0. The van der Waals surface area contributed by atoms with Crippen LogP contribution in [0.15, 0.2) is 0 Å². The van der Waals surface area contributed by atoms with E-state index in [2.05, 4.69) is 33.0 Å². The largest absolute Gasteiger partial charge is 0.352 e. The van der Waals surface area contributed by atoms with Crippen LogP contribution in [-0.4, -0.2) is 18.5 Å².